The van der Waals surface area contributed by atoms with Crippen LogP contribution in [0.3, 0.4) is 0 Å². The van der Waals surface area contributed by atoms with Crippen molar-refractivity contribution in [1.29, 1.82) is 0 Å². The Morgan fingerprint density at radius 1 is 1.06 bits per heavy atom. The molecule has 0 saturated heterocycles. The van der Waals surface area contributed by atoms with Crippen LogP contribution in [0.2, 0.25) is 0 Å². The summed E-state index contributed by atoms with van der Waals surface area (Å²) in [5.41, 5.74) is 2.47. The van der Waals surface area contributed by atoms with Crippen LogP contribution < -0.4 is 15.0 Å². The number of nitrogens with zero attached hydrogens (tertiary/aromatic N) is 4. The number of benzene rings is 2. The van der Waals surface area contributed by atoms with E-state index in [1.165, 1.54) is 0 Å². The molecule has 160 valence electrons. The Balaban J connectivity index is 1.56. The molecule has 0 unspecified atom stereocenters. The van der Waals surface area contributed by atoms with E-state index in [0.717, 1.165) is 17.8 Å². The van der Waals surface area contributed by atoms with E-state index in [-0.39, 0.29) is 5.56 Å². The number of aromatic nitrogens is 4. The summed E-state index contributed by atoms with van der Waals surface area (Å²) in [5.74, 6) is 1.64. The van der Waals surface area contributed by atoms with Crippen LogP contribution in [0.4, 0.5) is 0 Å². The lowest BCUT2D eigenvalue weighted by atomic mass is 10.2. The fraction of sp³-hybridized carbons (Fsp3) is 0.261. The number of fused-ring (bicyclic) bond motifs is 1. The van der Waals surface area contributed by atoms with Gasteiger partial charge in [0.25, 0.3) is 5.56 Å². The van der Waals surface area contributed by atoms with Gasteiger partial charge in [-0.05, 0) is 24.7 Å². The van der Waals surface area contributed by atoms with Gasteiger partial charge < -0.3 is 14.5 Å². The number of ether oxygens (including phenoxy) is 2. The highest BCUT2D eigenvalue weighted by Gasteiger charge is 2.13. The van der Waals surface area contributed by atoms with E-state index >= 15 is 0 Å². The van der Waals surface area contributed by atoms with Crippen LogP contribution in [0.25, 0.3) is 16.6 Å². The molecule has 4 aromatic rings. The molecular weight excluding hydrogens is 394 g/mol. The standard InChI is InChI=1S/C23H25N5O3/c1-4-27(13-16-12-24-28(14-16)17-8-6-5-7-9-17)15-22-25-19-11-21(31-3)20(30-2)10-18(19)23(29)26-22/h5-12,14H,4,13,15H2,1-3H3,(H,25,26,29). The highest BCUT2D eigenvalue weighted by molar-refractivity contribution is 5.81. The summed E-state index contributed by atoms with van der Waals surface area (Å²) in [6.07, 6.45) is 3.88. The molecule has 0 fully saturated rings. The monoisotopic (exact) mass is 419 g/mol. The maximum absolute atomic E-state index is 12.6. The van der Waals surface area contributed by atoms with Crippen molar-refractivity contribution in [2.45, 2.75) is 20.0 Å². The van der Waals surface area contributed by atoms with Crippen molar-refractivity contribution >= 4 is 10.9 Å². The van der Waals surface area contributed by atoms with Gasteiger partial charge in [-0.25, -0.2) is 9.67 Å². The number of aromatic amines is 1. The largest absolute Gasteiger partial charge is 0.493 e. The Bertz CT molecular complexity index is 1230. The van der Waals surface area contributed by atoms with Crippen molar-refractivity contribution in [2.24, 2.45) is 0 Å². The summed E-state index contributed by atoms with van der Waals surface area (Å²) in [7, 11) is 3.10. The molecule has 0 saturated carbocycles. The summed E-state index contributed by atoms with van der Waals surface area (Å²) < 4.78 is 12.5. The summed E-state index contributed by atoms with van der Waals surface area (Å²) in [4.78, 5) is 22.4. The van der Waals surface area contributed by atoms with E-state index in [9.17, 15) is 4.79 Å². The first-order chi connectivity index (χ1) is 15.1. The quantitative estimate of drug-likeness (QED) is 0.472. The second-order valence-electron chi connectivity index (χ2n) is 7.17. The lowest BCUT2D eigenvalue weighted by Gasteiger charge is -2.19. The topological polar surface area (TPSA) is 85.3 Å². The maximum atomic E-state index is 12.6. The van der Waals surface area contributed by atoms with Crippen molar-refractivity contribution in [3.05, 3.63) is 76.6 Å². The van der Waals surface area contributed by atoms with Gasteiger partial charge in [-0.2, -0.15) is 5.10 Å². The number of nitrogens with one attached hydrogen (secondary N) is 1. The van der Waals surface area contributed by atoms with E-state index in [1.807, 2.05) is 47.4 Å². The van der Waals surface area contributed by atoms with E-state index in [4.69, 9.17) is 9.47 Å². The Hall–Kier alpha value is -3.65. The Morgan fingerprint density at radius 3 is 2.52 bits per heavy atom. The van der Waals surface area contributed by atoms with E-state index in [0.29, 0.717) is 41.3 Å². The zero-order chi connectivity index (χ0) is 21.8. The normalized spacial score (nSPS) is 11.2. The van der Waals surface area contributed by atoms with Gasteiger partial charge in [-0.1, -0.05) is 25.1 Å². The van der Waals surface area contributed by atoms with Gasteiger partial charge >= 0.3 is 0 Å². The summed E-state index contributed by atoms with van der Waals surface area (Å²) in [6.45, 7) is 4.07. The summed E-state index contributed by atoms with van der Waals surface area (Å²) in [5, 5.41) is 4.93. The molecular formula is C23H25N5O3. The van der Waals surface area contributed by atoms with Crippen molar-refractivity contribution < 1.29 is 9.47 Å². The molecule has 1 N–H and O–H groups in total. The lowest BCUT2D eigenvalue weighted by molar-refractivity contribution is 0.264. The average molecular weight is 419 g/mol. The first-order valence-corrected chi connectivity index (χ1v) is 10.1. The van der Waals surface area contributed by atoms with Gasteiger partial charge in [0.1, 0.15) is 5.82 Å². The fourth-order valence-electron chi connectivity index (χ4n) is 3.50. The first kappa shape index (κ1) is 20.6. The van der Waals surface area contributed by atoms with Crippen LogP contribution in [-0.2, 0) is 13.1 Å². The third-order valence-electron chi connectivity index (χ3n) is 5.14. The van der Waals surface area contributed by atoms with Crippen LogP contribution in [0.5, 0.6) is 11.5 Å². The van der Waals surface area contributed by atoms with Crippen molar-refractivity contribution in [1.82, 2.24) is 24.6 Å². The fourth-order valence-corrected chi connectivity index (χ4v) is 3.50. The van der Waals surface area contributed by atoms with Gasteiger partial charge in [0.2, 0.25) is 0 Å². The Labute approximate surface area is 180 Å². The smallest absolute Gasteiger partial charge is 0.258 e. The van der Waals surface area contributed by atoms with E-state index in [1.54, 1.807) is 26.4 Å². The number of hydrogen-bond acceptors (Lipinski definition) is 6. The minimum atomic E-state index is -0.200. The van der Waals surface area contributed by atoms with E-state index < -0.39 is 0 Å². The van der Waals surface area contributed by atoms with Crippen LogP contribution in [0.1, 0.15) is 18.3 Å². The SMILES string of the molecule is CCN(Cc1cnn(-c2ccccc2)c1)Cc1nc2cc(OC)c(OC)cc2c(=O)[nH]1. The van der Waals surface area contributed by atoms with Crippen LogP contribution >= 0.6 is 0 Å². The molecule has 8 nitrogen and oxygen atoms in total. The van der Waals surface area contributed by atoms with Gasteiger partial charge in [0, 0.05) is 24.4 Å². The molecule has 2 aromatic carbocycles. The maximum Gasteiger partial charge on any atom is 0.258 e. The average Bonchev–Trinajstić information content (AvgIpc) is 3.27. The number of H-pyrrole nitrogens is 1. The summed E-state index contributed by atoms with van der Waals surface area (Å²) in [6, 6.07) is 13.4. The highest BCUT2D eigenvalue weighted by atomic mass is 16.5. The molecule has 8 heteroatoms. The third-order valence-corrected chi connectivity index (χ3v) is 5.14. The van der Waals surface area contributed by atoms with Gasteiger partial charge in [0.15, 0.2) is 11.5 Å². The molecule has 0 aliphatic rings. The second-order valence-corrected chi connectivity index (χ2v) is 7.17. The number of rotatable bonds is 8. The molecule has 0 aliphatic heterocycles. The van der Waals surface area contributed by atoms with Gasteiger partial charge in [0.05, 0.1) is 43.6 Å². The number of methoxy groups -OCH3 is 2. The molecule has 0 radical (unpaired) electrons. The highest BCUT2D eigenvalue weighted by Crippen LogP contribution is 2.30. The van der Waals surface area contributed by atoms with Gasteiger partial charge in [-0.15, -0.1) is 0 Å². The third kappa shape index (κ3) is 4.44. The summed E-state index contributed by atoms with van der Waals surface area (Å²) >= 11 is 0. The zero-order valence-corrected chi connectivity index (χ0v) is 17.8. The molecule has 0 spiro atoms. The predicted molar refractivity (Wildman–Crippen MR) is 119 cm³/mol. The Morgan fingerprint density at radius 2 is 1.81 bits per heavy atom. The van der Waals surface area contributed by atoms with Crippen LogP contribution in [-0.4, -0.2) is 45.4 Å². The molecule has 0 amide bonds. The second kappa shape index (κ2) is 9.01. The van der Waals surface area contributed by atoms with Crippen LogP contribution in [0, 0.1) is 0 Å². The number of hydrogen-bond donors (Lipinski definition) is 1. The van der Waals surface area contributed by atoms with Crippen LogP contribution in [0.15, 0.2) is 59.7 Å². The minimum Gasteiger partial charge on any atom is -0.493 e. The molecule has 2 aromatic heterocycles. The molecule has 2 heterocycles. The predicted octanol–water partition coefficient (Wildman–Crippen LogP) is 3.15. The van der Waals surface area contributed by atoms with Crippen molar-refractivity contribution in [3.8, 4) is 17.2 Å². The minimum absolute atomic E-state index is 0.200. The molecule has 0 atom stereocenters. The molecule has 0 aliphatic carbocycles. The van der Waals surface area contributed by atoms with Crippen molar-refractivity contribution in [2.75, 3.05) is 20.8 Å². The van der Waals surface area contributed by atoms with Crippen molar-refractivity contribution in [3.63, 3.8) is 0 Å². The number of para-hydroxylation sites is 1. The molecule has 0 bridgehead atoms. The zero-order valence-electron chi connectivity index (χ0n) is 17.8. The Kier molecular flexibility index (Phi) is 5.99. The van der Waals surface area contributed by atoms with Gasteiger partial charge in [-0.3, -0.25) is 9.69 Å². The molecule has 4 rings (SSSR count). The van der Waals surface area contributed by atoms with E-state index in [2.05, 4.69) is 26.9 Å². The molecule has 31 heavy (non-hydrogen) atoms. The lowest BCUT2D eigenvalue weighted by Crippen LogP contribution is -2.25. The first-order valence-electron chi connectivity index (χ1n) is 10.1.